The first-order valence-electron chi connectivity index (χ1n) is 5.92. The average Bonchev–Trinajstić information content (AvgIpc) is 2.76. The summed E-state index contributed by atoms with van der Waals surface area (Å²) < 4.78 is 1.16. The van der Waals surface area contributed by atoms with E-state index in [0.29, 0.717) is 6.54 Å². The Balaban J connectivity index is 2.15. The van der Waals surface area contributed by atoms with E-state index in [4.69, 9.17) is 5.73 Å². The van der Waals surface area contributed by atoms with Gasteiger partial charge in [0.05, 0.1) is 6.54 Å². The maximum Gasteiger partial charge on any atom is 0.0520 e. The van der Waals surface area contributed by atoms with Crippen LogP contribution in [0.15, 0.2) is 40.2 Å². The first-order valence-corrected chi connectivity index (χ1v) is 7.60. The molecule has 96 valence electrons. The Morgan fingerprint density at radius 3 is 2.78 bits per heavy atom. The van der Waals surface area contributed by atoms with E-state index in [1.54, 1.807) is 11.3 Å². The van der Waals surface area contributed by atoms with Crippen LogP contribution in [0.25, 0.3) is 0 Å². The van der Waals surface area contributed by atoms with Crippen LogP contribution >= 0.6 is 27.3 Å². The summed E-state index contributed by atoms with van der Waals surface area (Å²) in [6.07, 6.45) is 0.925. The second-order valence-electron chi connectivity index (χ2n) is 4.25. The van der Waals surface area contributed by atoms with Gasteiger partial charge in [0, 0.05) is 27.5 Å². The van der Waals surface area contributed by atoms with Crippen LogP contribution in [0.5, 0.6) is 0 Å². The number of nitrogens with two attached hydrogens (primary N) is 1. The van der Waals surface area contributed by atoms with E-state index < -0.39 is 0 Å². The molecule has 0 aliphatic carbocycles. The molecule has 0 bridgehead atoms. The minimum absolute atomic E-state index is 0.690. The quantitative estimate of drug-likeness (QED) is 0.909. The molecule has 1 heterocycles. The minimum atomic E-state index is 0.690. The van der Waals surface area contributed by atoms with Gasteiger partial charge in [-0.2, -0.15) is 0 Å². The van der Waals surface area contributed by atoms with Crippen LogP contribution in [0.1, 0.15) is 10.4 Å². The first-order chi connectivity index (χ1) is 8.70. The lowest BCUT2D eigenvalue weighted by atomic mass is 10.1. The topological polar surface area (TPSA) is 29.3 Å². The van der Waals surface area contributed by atoms with Gasteiger partial charge >= 0.3 is 0 Å². The lowest BCUT2D eigenvalue weighted by molar-refractivity contribution is 0.903. The Bertz CT molecular complexity index is 510. The van der Waals surface area contributed by atoms with Crippen molar-refractivity contribution in [1.82, 2.24) is 0 Å². The molecule has 2 aromatic rings. The van der Waals surface area contributed by atoms with E-state index in [2.05, 4.69) is 63.6 Å². The monoisotopic (exact) mass is 324 g/mol. The maximum atomic E-state index is 5.66. The smallest absolute Gasteiger partial charge is 0.0520 e. The largest absolute Gasteiger partial charge is 0.369 e. The number of thiophene rings is 1. The van der Waals surface area contributed by atoms with Crippen LogP contribution in [-0.4, -0.2) is 13.6 Å². The standard InChI is InChI=1S/C14H17BrN2S/c1-17(9-13-8-12(15)10-18-13)14-5-3-2-4-11(14)6-7-16/h2-5,8,10H,6-7,9,16H2,1H3. The van der Waals surface area contributed by atoms with E-state index in [0.717, 1.165) is 17.4 Å². The molecule has 0 spiro atoms. The van der Waals surface area contributed by atoms with Gasteiger partial charge in [0.1, 0.15) is 0 Å². The molecule has 2 N–H and O–H groups in total. The van der Waals surface area contributed by atoms with E-state index in [1.165, 1.54) is 16.1 Å². The molecule has 0 unspecified atom stereocenters. The lowest BCUT2D eigenvalue weighted by Gasteiger charge is -2.21. The van der Waals surface area contributed by atoms with Crippen LogP contribution in [0.4, 0.5) is 5.69 Å². The van der Waals surface area contributed by atoms with Crippen molar-refractivity contribution >= 4 is 33.0 Å². The van der Waals surface area contributed by atoms with Gasteiger partial charge in [-0.25, -0.2) is 0 Å². The van der Waals surface area contributed by atoms with Crippen molar-refractivity contribution in [2.75, 3.05) is 18.5 Å². The normalized spacial score (nSPS) is 10.6. The molecule has 0 radical (unpaired) electrons. The molecule has 0 aliphatic heterocycles. The van der Waals surface area contributed by atoms with E-state index in [1.807, 2.05) is 0 Å². The molecule has 0 fully saturated rings. The van der Waals surface area contributed by atoms with Crippen molar-refractivity contribution < 1.29 is 0 Å². The van der Waals surface area contributed by atoms with Crippen molar-refractivity contribution in [2.45, 2.75) is 13.0 Å². The Labute approximate surface area is 121 Å². The molecule has 4 heteroatoms. The fraction of sp³-hybridized carbons (Fsp3) is 0.286. The summed E-state index contributed by atoms with van der Waals surface area (Å²) in [6.45, 7) is 1.62. The molecule has 0 aliphatic rings. The highest BCUT2D eigenvalue weighted by atomic mass is 79.9. The van der Waals surface area contributed by atoms with Gasteiger partial charge in [-0.3, -0.25) is 0 Å². The SMILES string of the molecule is CN(Cc1cc(Br)cs1)c1ccccc1CCN. The summed E-state index contributed by atoms with van der Waals surface area (Å²) in [6, 6.07) is 10.6. The van der Waals surface area contributed by atoms with E-state index in [-0.39, 0.29) is 0 Å². The molecule has 0 saturated heterocycles. The highest BCUT2D eigenvalue weighted by Gasteiger charge is 2.08. The van der Waals surface area contributed by atoms with Gasteiger partial charge in [-0.1, -0.05) is 18.2 Å². The zero-order chi connectivity index (χ0) is 13.0. The van der Waals surface area contributed by atoms with E-state index >= 15 is 0 Å². The highest BCUT2D eigenvalue weighted by Crippen LogP contribution is 2.25. The van der Waals surface area contributed by atoms with Gasteiger partial charge in [0.25, 0.3) is 0 Å². The summed E-state index contributed by atoms with van der Waals surface area (Å²) in [7, 11) is 2.13. The molecule has 0 saturated carbocycles. The van der Waals surface area contributed by atoms with E-state index in [9.17, 15) is 0 Å². The second-order valence-corrected chi connectivity index (χ2v) is 6.17. The summed E-state index contributed by atoms with van der Waals surface area (Å²) in [5.74, 6) is 0. The van der Waals surface area contributed by atoms with Crippen LogP contribution < -0.4 is 10.6 Å². The molecule has 2 rings (SSSR count). The van der Waals surface area contributed by atoms with Crippen molar-refractivity contribution in [3.63, 3.8) is 0 Å². The zero-order valence-corrected chi connectivity index (χ0v) is 12.8. The number of halogens is 1. The molecule has 0 atom stereocenters. The van der Waals surface area contributed by atoms with Crippen LogP contribution in [-0.2, 0) is 13.0 Å². The number of rotatable bonds is 5. The number of para-hydroxylation sites is 1. The van der Waals surface area contributed by atoms with Crippen LogP contribution in [0, 0.1) is 0 Å². The summed E-state index contributed by atoms with van der Waals surface area (Å²) in [4.78, 5) is 3.63. The summed E-state index contributed by atoms with van der Waals surface area (Å²) in [5.41, 5.74) is 8.25. The van der Waals surface area contributed by atoms with Crippen molar-refractivity contribution in [2.24, 2.45) is 5.73 Å². The van der Waals surface area contributed by atoms with Gasteiger partial charge in [0.15, 0.2) is 0 Å². The number of hydrogen-bond acceptors (Lipinski definition) is 3. The van der Waals surface area contributed by atoms with Crippen molar-refractivity contribution in [3.05, 3.63) is 50.6 Å². The third-order valence-corrected chi connectivity index (χ3v) is 4.51. The molecular formula is C14H17BrN2S. The second kappa shape index (κ2) is 6.36. The Hall–Kier alpha value is -0.840. The first kappa shape index (κ1) is 13.6. The van der Waals surface area contributed by atoms with Crippen LogP contribution in [0.2, 0.25) is 0 Å². The fourth-order valence-corrected chi connectivity index (χ4v) is 3.51. The number of hydrogen-bond donors (Lipinski definition) is 1. The molecule has 18 heavy (non-hydrogen) atoms. The summed E-state index contributed by atoms with van der Waals surface area (Å²) in [5, 5.41) is 2.12. The van der Waals surface area contributed by atoms with Crippen molar-refractivity contribution in [3.8, 4) is 0 Å². The third-order valence-electron chi connectivity index (χ3n) is 2.83. The van der Waals surface area contributed by atoms with Gasteiger partial charge in [-0.15, -0.1) is 11.3 Å². The molecule has 0 amide bonds. The van der Waals surface area contributed by atoms with Crippen molar-refractivity contribution in [1.29, 1.82) is 0 Å². The number of benzene rings is 1. The Kier molecular flexibility index (Phi) is 4.80. The number of nitrogens with zero attached hydrogens (tertiary/aromatic N) is 1. The third kappa shape index (κ3) is 3.34. The maximum absolute atomic E-state index is 5.66. The molecule has 2 nitrogen and oxygen atoms in total. The van der Waals surface area contributed by atoms with Gasteiger partial charge < -0.3 is 10.6 Å². The Morgan fingerprint density at radius 2 is 2.11 bits per heavy atom. The Morgan fingerprint density at radius 1 is 1.33 bits per heavy atom. The average molecular weight is 325 g/mol. The molecular weight excluding hydrogens is 308 g/mol. The fourth-order valence-electron chi connectivity index (χ4n) is 2.01. The number of anilines is 1. The lowest BCUT2D eigenvalue weighted by Crippen LogP contribution is -2.18. The predicted octanol–water partition coefficient (Wildman–Crippen LogP) is 3.65. The minimum Gasteiger partial charge on any atom is -0.369 e. The zero-order valence-electron chi connectivity index (χ0n) is 10.4. The van der Waals surface area contributed by atoms with Crippen LogP contribution in [0.3, 0.4) is 0 Å². The van der Waals surface area contributed by atoms with Gasteiger partial charge in [-0.05, 0) is 46.6 Å². The highest BCUT2D eigenvalue weighted by molar-refractivity contribution is 9.10. The molecule has 1 aromatic heterocycles. The van der Waals surface area contributed by atoms with Gasteiger partial charge in [0.2, 0.25) is 0 Å². The summed E-state index contributed by atoms with van der Waals surface area (Å²) >= 11 is 5.27. The molecule has 1 aromatic carbocycles. The predicted molar refractivity (Wildman–Crippen MR) is 83.3 cm³/mol.